The van der Waals surface area contributed by atoms with Gasteiger partial charge in [0.1, 0.15) is 11.9 Å². The number of carbonyl (C=O) groups excluding carboxylic acids is 1. The largest absolute Gasteiger partial charge is 0.490 e. The van der Waals surface area contributed by atoms with Crippen LogP contribution in [0.25, 0.3) is 5.69 Å². The third-order valence-electron chi connectivity index (χ3n) is 5.19. The number of carbonyl (C=O) groups is 1. The number of fused-ring (bicyclic) bond motifs is 1. The van der Waals surface area contributed by atoms with E-state index in [0.29, 0.717) is 30.3 Å². The van der Waals surface area contributed by atoms with Crippen LogP contribution in [0, 0.1) is 25.2 Å². The van der Waals surface area contributed by atoms with E-state index in [1.807, 2.05) is 66.9 Å². The highest BCUT2D eigenvalue weighted by atomic mass is 32.2. The summed E-state index contributed by atoms with van der Waals surface area (Å²) in [6.07, 6.45) is 0.848. The molecule has 1 aliphatic rings. The normalized spacial score (nSPS) is 12.7. The standard InChI is InChI=1S/C24H23N3O3S/c1-16-17(2)27(18-7-4-3-5-8-18)24(20(16)14-25)26-23(28)15-31-19-9-10-21-22(13-19)30-12-6-11-29-21/h3-5,7-10,13H,6,11-12,15H2,1-2H3,(H,26,28). The zero-order valence-electron chi connectivity index (χ0n) is 17.5. The molecule has 1 aliphatic heterocycles. The summed E-state index contributed by atoms with van der Waals surface area (Å²) >= 11 is 1.41. The first kappa shape index (κ1) is 20.9. The number of nitrogens with zero attached hydrogens (tertiary/aromatic N) is 2. The maximum atomic E-state index is 12.8. The maximum absolute atomic E-state index is 12.8. The summed E-state index contributed by atoms with van der Waals surface area (Å²) in [5, 5.41) is 12.7. The highest BCUT2D eigenvalue weighted by Gasteiger charge is 2.21. The highest BCUT2D eigenvalue weighted by molar-refractivity contribution is 8.00. The third-order valence-corrected chi connectivity index (χ3v) is 6.18. The van der Waals surface area contributed by atoms with Crippen molar-refractivity contribution in [1.29, 1.82) is 5.26 Å². The second-order valence-corrected chi connectivity index (χ2v) is 8.26. The van der Waals surface area contributed by atoms with Gasteiger partial charge in [0.25, 0.3) is 0 Å². The van der Waals surface area contributed by atoms with Gasteiger partial charge in [-0.25, -0.2) is 0 Å². The summed E-state index contributed by atoms with van der Waals surface area (Å²) in [7, 11) is 0. The lowest BCUT2D eigenvalue weighted by Gasteiger charge is -2.13. The number of thioether (sulfide) groups is 1. The lowest BCUT2D eigenvalue weighted by atomic mass is 10.2. The third kappa shape index (κ3) is 4.39. The van der Waals surface area contributed by atoms with Crippen molar-refractivity contribution in [2.24, 2.45) is 0 Å². The number of rotatable bonds is 5. The number of hydrogen-bond donors (Lipinski definition) is 1. The Hall–Kier alpha value is -3.37. The highest BCUT2D eigenvalue weighted by Crippen LogP contribution is 2.34. The summed E-state index contributed by atoms with van der Waals surface area (Å²) in [6, 6.07) is 17.7. The van der Waals surface area contributed by atoms with Crippen LogP contribution >= 0.6 is 11.8 Å². The van der Waals surface area contributed by atoms with Crippen molar-refractivity contribution in [3.63, 3.8) is 0 Å². The number of ether oxygens (including phenoxy) is 2. The minimum absolute atomic E-state index is 0.178. The predicted molar refractivity (Wildman–Crippen MR) is 121 cm³/mol. The average molecular weight is 434 g/mol. The van der Waals surface area contributed by atoms with Crippen LogP contribution in [-0.4, -0.2) is 29.4 Å². The molecule has 6 nitrogen and oxygen atoms in total. The van der Waals surface area contributed by atoms with Crippen molar-refractivity contribution in [1.82, 2.24) is 4.57 Å². The number of anilines is 1. The summed E-state index contributed by atoms with van der Waals surface area (Å²) in [5.41, 5.74) is 3.16. The average Bonchev–Trinajstić information content (AvgIpc) is 2.93. The van der Waals surface area contributed by atoms with Gasteiger partial charge in [-0.2, -0.15) is 5.26 Å². The van der Waals surface area contributed by atoms with E-state index in [9.17, 15) is 10.1 Å². The lowest BCUT2D eigenvalue weighted by Crippen LogP contribution is -2.17. The monoisotopic (exact) mass is 433 g/mol. The van der Waals surface area contributed by atoms with Gasteiger partial charge in [0, 0.05) is 22.7 Å². The first-order valence-corrected chi connectivity index (χ1v) is 11.1. The van der Waals surface area contributed by atoms with E-state index >= 15 is 0 Å². The predicted octanol–water partition coefficient (Wildman–Crippen LogP) is 4.86. The van der Waals surface area contributed by atoms with Gasteiger partial charge in [-0.1, -0.05) is 18.2 Å². The number of nitrogens with one attached hydrogen (secondary N) is 1. The van der Waals surface area contributed by atoms with E-state index in [4.69, 9.17) is 9.47 Å². The van der Waals surface area contributed by atoms with Crippen LogP contribution in [0.1, 0.15) is 23.2 Å². The van der Waals surface area contributed by atoms with E-state index in [2.05, 4.69) is 11.4 Å². The van der Waals surface area contributed by atoms with Crippen molar-refractivity contribution < 1.29 is 14.3 Å². The van der Waals surface area contributed by atoms with Crippen LogP contribution in [0.5, 0.6) is 11.5 Å². The first-order valence-electron chi connectivity index (χ1n) is 10.1. The molecule has 0 spiro atoms. The number of benzene rings is 2. The Morgan fingerprint density at radius 2 is 1.87 bits per heavy atom. The Morgan fingerprint density at radius 1 is 1.13 bits per heavy atom. The van der Waals surface area contributed by atoms with E-state index in [1.54, 1.807) is 0 Å². The molecule has 0 radical (unpaired) electrons. The van der Waals surface area contributed by atoms with E-state index in [-0.39, 0.29) is 11.7 Å². The zero-order chi connectivity index (χ0) is 21.8. The molecule has 7 heteroatoms. The van der Waals surface area contributed by atoms with E-state index < -0.39 is 0 Å². The zero-order valence-corrected chi connectivity index (χ0v) is 18.3. The second-order valence-electron chi connectivity index (χ2n) is 7.21. The molecule has 0 saturated heterocycles. The molecule has 4 rings (SSSR count). The molecule has 1 aromatic heterocycles. The number of aromatic nitrogens is 1. The molecular weight excluding hydrogens is 410 g/mol. The Bertz CT molecular complexity index is 1150. The van der Waals surface area contributed by atoms with E-state index in [0.717, 1.165) is 34.0 Å². The van der Waals surface area contributed by atoms with Crippen LogP contribution in [-0.2, 0) is 4.79 Å². The number of amides is 1. The fraction of sp³-hybridized carbons (Fsp3) is 0.250. The smallest absolute Gasteiger partial charge is 0.235 e. The van der Waals surface area contributed by atoms with Crippen molar-refractivity contribution >= 4 is 23.5 Å². The SMILES string of the molecule is Cc1c(C#N)c(NC(=O)CSc2ccc3c(c2)OCCCO3)n(-c2ccccc2)c1C. The van der Waals surface area contributed by atoms with Crippen LogP contribution in [0.15, 0.2) is 53.4 Å². The Balaban J connectivity index is 1.52. The maximum Gasteiger partial charge on any atom is 0.235 e. The molecule has 1 N–H and O–H groups in total. The van der Waals surface area contributed by atoms with Gasteiger partial charge in [0.2, 0.25) is 5.91 Å². The van der Waals surface area contributed by atoms with Crippen molar-refractivity contribution in [3.8, 4) is 23.3 Å². The molecule has 158 valence electrons. The molecule has 0 fully saturated rings. The molecule has 0 bridgehead atoms. The van der Waals surface area contributed by atoms with Crippen LogP contribution in [0.2, 0.25) is 0 Å². The van der Waals surface area contributed by atoms with Crippen LogP contribution < -0.4 is 14.8 Å². The second kappa shape index (κ2) is 9.19. The molecule has 1 amide bonds. The summed E-state index contributed by atoms with van der Waals surface area (Å²) in [6.45, 7) is 5.11. The minimum atomic E-state index is -0.178. The first-order chi connectivity index (χ1) is 15.1. The van der Waals surface area contributed by atoms with Gasteiger partial charge in [0.15, 0.2) is 11.5 Å². The van der Waals surface area contributed by atoms with Crippen molar-refractivity contribution in [3.05, 3.63) is 65.4 Å². The molecule has 0 aliphatic carbocycles. The molecule has 0 unspecified atom stereocenters. The van der Waals surface area contributed by atoms with Gasteiger partial charge in [-0.05, 0) is 49.7 Å². The van der Waals surface area contributed by atoms with Gasteiger partial charge in [-0.15, -0.1) is 11.8 Å². The van der Waals surface area contributed by atoms with Crippen LogP contribution in [0.3, 0.4) is 0 Å². The van der Waals surface area contributed by atoms with Gasteiger partial charge < -0.3 is 14.8 Å². The quantitative estimate of drug-likeness (QED) is 0.582. The van der Waals surface area contributed by atoms with Crippen molar-refractivity contribution in [2.75, 3.05) is 24.3 Å². The molecule has 2 aromatic carbocycles. The Kier molecular flexibility index (Phi) is 6.19. The Morgan fingerprint density at radius 3 is 2.61 bits per heavy atom. The van der Waals surface area contributed by atoms with Crippen LogP contribution in [0.4, 0.5) is 5.82 Å². The fourth-order valence-electron chi connectivity index (χ4n) is 3.51. The number of nitriles is 1. The minimum Gasteiger partial charge on any atom is -0.490 e. The molecule has 0 atom stereocenters. The lowest BCUT2D eigenvalue weighted by molar-refractivity contribution is -0.113. The summed E-state index contributed by atoms with van der Waals surface area (Å²) in [4.78, 5) is 13.7. The molecule has 0 saturated carbocycles. The van der Waals surface area contributed by atoms with Crippen molar-refractivity contribution in [2.45, 2.75) is 25.2 Å². The van der Waals surface area contributed by atoms with Gasteiger partial charge in [0.05, 0.1) is 24.5 Å². The van der Waals surface area contributed by atoms with Gasteiger partial charge in [-0.3, -0.25) is 9.36 Å². The van der Waals surface area contributed by atoms with E-state index in [1.165, 1.54) is 11.8 Å². The fourth-order valence-corrected chi connectivity index (χ4v) is 4.24. The molecule has 2 heterocycles. The molecule has 3 aromatic rings. The number of para-hydroxylation sites is 1. The molecule has 31 heavy (non-hydrogen) atoms. The Labute approximate surface area is 185 Å². The number of hydrogen-bond acceptors (Lipinski definition) is 5. The molecular formula is C24H23N3O3S. The summed E-state index contributed by atoms with van der Waals surface area (Å²) < 4.78 is 13.3. The summed E-state index contributed by atoms with van der Waals surface area (Å²) in [5.74, 6) is 1.98. The van der Waals surface area contributed by atoms with Gasteiger partial charge >= 0.3 is 0 Å². The topological polar surface area (TPSA) is 76.3 Å².